The summed E-state index contributed by atoms with van der Waals surface area (Å²) >= 11 is 0. The first-order valence-corrected chi connectivity index (χ1v) is 15.3. The van der Waals surface area contributed by atoms with Crippen molar-refractivity contribution in [1.29, 1.82) is 0 Å². The molecule has 2 heterocycles. The van der Waals surface area contributed by atoms with Gasteiger partial charge >= 0.3 is 6.03 Å². The summed E-state index contributed by atoms with van der Waals surface area (Å²) in [6.07, 6.45) is 1.69. The number of nitrogens with one attached hydrogen (secondary N) is 3. The first kappa shape index (κ1) is 34.5. The highest BCUT2D eigenvalue weighted by molar-refractivity contribution is 5.99. The number of carbonyl (C=O) groups excluding carboxylic acids is 4. The molecule has 5 amide bonds. The van der Waals surface area contributed by atoms with E-state index in [0.717, 1.165) is 16.5 Å². The molecule has 12 heteroatoms. The molecular weight excluding hydrogens is 598 g/mol. The van der Waals surface area contributed by atoms with Crippen molar-refractivity contribution in [3.05, 3.63) is 108 Å². The number of aliphatic hydroxyl groups excluding tert-OH is 1. The number of rotatable bonds is 13. The molecule has 246 valence electrons. The molecule has 47 heavy (non-hydrogen) atoms. The predicted octanol–water partition coefficient (Wildman–Crippen LogP) is 2.70. The minimum absolute atomic E-state index is 0.0588. The quantitative estimate of drug-likeness (QED) is 0.149. The Morgan fingerprint density at radius 1 is 0.872 bits per heavy atom. The molecule has 12 nitrogen and oxygen atoms in total. The van der Waals surface area contributed by atoms with Gasteiger partial charge in [0.05, 0.1) is 30.6 Å². The maximum absolute atomic E-state index is 13.7. The van der Waals surface area contributed by atoms with Crippen molar-refractivity contribution < 1.29 is 24.3 Å². The molecule has 4 rings (SSSR count). The summed E-state index contributed by atoms with van der Waals surface area (Å²) in [7, 11) is 0. The Hall–Kier alpha value is -5.36. The number of nitrogens with two attached hydrogens (primary N) is 1. The lowest BCUT2D eigenvalue weighted by molar-refractivity contribution is -0.128. The molecule has 0 spiro atoms. The first-order chi connectivity index (χ1) is 22.4. The number of pyridine rings is 2. The van der Waals surface area contributed by atoms with Crippen LogP contribution in [0.1, 0.15) is 48.8 Å². The van der Waals surface area contributed by atoms with E-state index in [4.69, 9.17) is 5.73 Å². The molecule has 0 aliphatic carbocycles. The van der Waals surface area contributed by atoms with Gasteiger partial charge in [-0.15, -0.1) is 0 Å². The number of urea groups is 1. The van der Waals surface area contributed by atoms with E-state index in [2.05, 4.69) is 25.9 Å². The smallest absolute Gasteiger partial charge is 0.318 e. The van der Waals surface area contributed by atoms with E-state index in [-0.39, 0.29) is 25.2 Å². The molecule has 0 aliphatic heterocycles. The van der Waals surface area contributed by atoms with Crippen LogP contribution in [0, 0.1) is 0 Å². The van der Waals surface area contributed by atoms with Crippen molar-refractivity contribution in [1.82, 2.24) is 30.8 Å². The molecule has 3 atom stereocenters. The minimum Gasteiger partial charge on any atom is -0.389 e. The zero-order valence-corrected chi connectivity index (χ0v) is 26.7. The second-order valence-corrected chi connectivity index (χ2v) is 12.4. The Morgan fingerprint density at radius 2 is 1.55 bits per heavy atom. The van der Waals surface area contributed by atoms with Crippen LogP contribution in [0.25, 0.3) is 10.9 Å². The third kappa shape index (κ3) is 10.6. The van der Waals surface area contributed by atoms with Gasteiger partial charge in [0, 0.05) is 29.9 Å². The molecule has 0 aliphatic rings. The minimum atomic E-state index is -1.35. The van der Waals surface area contributed by atoms with Crippen molar-refractivity contribution in [2.45, 2.75) is 63.9 Å². The Morgan fingerprint density at radius 3 is 2.23 bits per heavy atom. The molecule has 0 saturated heterocycles. The molecule has 4 aromatic rings. The van der Waals surface area contributed by atoms with Gasteiger partial charge in [-0.2, -0.15) is 0 Å². The number of para-hydroxylation sites is 1. The summed E-state index contributed by atoms with van der Waals surface area (Å²) < 4.78 is 0. The van der Waals surface area contributed by atoms with Crippen molar-refractivity contribution in [2.24, 2.45) is 5.73 Å². The third-order valence-corrected chi connectivity index (χ3v) is 7.25. The fourth-order valence-corrected chi connectivity index (χ4v) is 4.95. The van der Waals surface area contributed by atoms with Crippen LogP contribution in [0.5, 0.6) is 0 Å². The Labute approximate surface area is 273 Å². The highest BCUT2D eigenvalue weighted by atomic mass is 16.3. The van der Waals surface area contributed by atoms with Gasteiger partial charge in [0.15, 0.2) is 0 Å². The number of hydrogen-bond acceptors (Lipinski definition) is 7. The molecule has 2 aromatic carbocycles. The number of amides is 5. The lowest BCUT2D eigenvalue weighted by atomic mass is 9.99. The highest BCUT2D eigenvalue weighted by Crippen LogP contribution is 2.14. The van der Waals surface area contributed by atoms with Crippen LogP contribution in [-0.2, 0) is 22.6 Å². The first-order valence-electron chi connectivity index (χ1n) is 15.3. The molecule has 0 bridgehead atoms. The largest absolute Gasteiger partial charge is 0.389 e. The monoisotopic (exact) mass is 639 g/mol. The SMILES string of the molecule is CC(C)(C)NC(=O)N(Cc1ccncc1)C[C@@H](O)[C@H](Cc1ccccc1)NC(=O)[C@H](CC(N)=O)NC(=O)c1ccc2ccccc2n1. The van der Waals surface area contributed by atoms with Gasteiger partial charge in [-0.1, -0.05) is 54.6 Å². The number of nitrogens with zero attached hydrogens (tertiary/aromatic N) is 3. The summed E-state index contributed by atoms with van der Waals surface area (Å²) in [5.74, 6) is -2.20. The van der Waals surface area contributed by atoms with Gasteiger partial charge in [0.1, 0.15) is 11.7 Å². The van der Waals surface area contributed by atoms with Crippen molar-refractivity contribution >= 4 is 34.7 Å². The molecule has 6 N–H and O–H groups in total. The van der Waals surface area contributed by atoms with Crippen LogP contribution in [0.3, 0.4) is 0 Å². The number of carbonyl (C=O) groups is 4. The standard InChI is InChI=1S/C35H41N7O5/c1-35(2,3)41-34(47)42(21-24-15-17-37-18-16-24)22-30(43)28(19-23-9-5-4-6-10-23)39-33(46)29(20-31(36)44)40-32(45)27-14-13-25-11-7-8-12-26(25)38-27/h4-18,28-30,43H,19-22H2,1-3H3,(H2,36,44)(H,39,46)(H,40,45)(H,41,47)/t28-,29-,30+/m0/s1. The van der Waals surface area contributed by atoms with Crippen molar-refractivity contribution in [3.8, 4) is 0 Å². The van der Waals surface area contributed by atoms with E-state index in [1.807, 2.05) is 63.2 Å². The fourth-order valence-electron chi connectivity index (χ4n) is 4.95. The van der Waals surface area contributed by atoms with Crippen LogP contribution in [0.15, 0.2) is 91.3 Å². The van der Waals surface area contributed by atoms with Gasteiger partial charge in [0.2, 0.25) is 11.8 Å². The van der Waals surface area contributed by atoms with Crippen LogP contribution in [-0.4, -0.2) is 74.0 Å². The van der Waals surface area contributed by atoms with E-state index < -0.39 is 53.9 Å². The molecule has 0 unspecified atom stereocenters. The number of primary amides is 1. The number of aliphatic hydroxyl groups is 1. The van der Waals surface area contributed by atoms with Crippen LogP contribution < -0.4 is 21.7 Å². The Kier molecular flexibility index (Phi) is 11.6. The van der Waals surface area contributed by atoms with E-state index in [9.17, 15) is 24.3 Å². The zero-order chi connectivity index (χ0) is 34.0. The van der Waals surface area contributed by atoms with Gasteiger partial charge < -0.3 is 31.7 Å². The second kappa shape index (κ2) is 15.8. The van der Waals surface area contributed by atoms with E-state index in [0.29, 0.717) is 5.52 Å². The Bertz CT molecular complexity index is 1680. The lowest BCUT2D eigenvalue weighted by Crippen LogP contribution is -2.57. The maximum Gasteiger partial charge on any atom is 0.318 e. The molecule has 2 aromatic heterocycles. The lowest BCUT2D eigenvalue weighted by Gasteiger charge is -2.33. The second-order valence-electron chi connectivity index (χ2n) is 12.4. The summed E-state index contributed by atoms with van der Waals surface area (Å²) in [6, 6.07) is 20.6. The average molecular weight is 640 g/mol. The average Bonchev–Trinajstić information content (AvgIpc) is 3.03. The summed E-state index contributed by atoms with van der Waals surface area (Å²) in [5, 5.41) is 20.8. The van der Waals surface area contributed by atoms with Gasteiger partial charge in [0.25, 0.3) is 5.91 Å². The fraction of sp³-hybridized carbons (Fsp3) is 0.314. The third-order valence-electron chi connectivity index (χ3n) is 7.25. The highest BCUT2D eigenvalue weighted by Gasteiger charge is 2.31. The number of hydrogen-bond donors (Lipinski definition) is 5. The van der Waals surface area contributed by atoms with Crippen LogP contribution >= 0.6 is 0 Å². The van der Waals surface area contributed by atoms with Gasteiger partial charge in [-0.05, 0) is 62.6 Å². The molecular formula is C35H41N7O5. The molecule has 0 fully saturated rings. The number of aromatic nitrogens is 2. The maximum atomic E-state index is 13.7. The van der Waals surface area contributed by atoms with Crippen LogP contribution in [0.2, 0.25) is 0 Å². The zero-order valence-electron chi connectivity index (χ0n) is 26.7. The van der Waals surface area contributed by atoms with E-state index in [1.54, 1.807) is 42.7 Å². The van der Waals surface area contributed by atoms with E-state index >= 15 is 0 Å². The van der Waals surface area contributed by atoms with E-state index in [1.165, 1.54) is 11.0 Å². The topological polar surface area (TPSA) is 180 Å². The Balaban J connectivity index is 1.56. The number of fused-ring (bicyclic) bond motifs is 1. The number of benzene rings is 2. The predicted molar refractivity (Wildman–Crippen MR) is 178 cm³/mol. The molecule has 0 radical (unpaired) electrons. The summed E-state index contributed by atoms with van der Waals surface area (Å²) in [5.41, 5.74) is 7.18. The summed E-state index contributed by atoms with van der Waals surface area (Å²) in [4.78, 5) is 62.1. The van der Waals surface area contributed by atoms with Gasteiger partial charge in [-0.3, -0.25) is 19.4 Å². The molecule has 0 saturated carbocycles. The van der Waals surface area contributed by atoms with Gasteiger partial charge in [-0.25, -0.2) is 9.78 Å². The van der Waals surface area contributed by atoms with Crippen molar-refractivity contribution in [2.75, 3.05) is 6.54 Å². The normalized spacial score (nSPS) is 13.2. The summed E-state index contributed by atoms with van der Waals surface area (Å²) in [6.45, 7) is 5.59. The van der Waals surface area contributed by atoms with Crippen molar-refractivity contribution in [3.63, 3.8) is 0 Å². The van der Waals surface area contributed by atoms with Crippen LogP contribution in [0.4, 0.5) is 4.79 Å².